The average molecular weight is 192 g/mol. The van der Waals surface area contributed by atoms with Crippen molar-refractivity contribution in [1.29, 1.82) is 0 Å². The number of nitrogens with one attached hydrogen (secondary N) is 1. The molecule has 0 aliphatic heterocycles. The number of unbranched alkanes of at least 4 members (excludes halogenated alkanes) is 1. The van der Waals surface area contributed by atoms with Gasteiger partial charge in [-0.25, -0.2) is 4.98 Å². The zero-order valence-corrected chi connectivity index (χ0v) is 8.40. The Kier molecular flexibility index (Phi) is 4.64. The molecule has 0 saturated heterocycles. The van der Waals surface area contributed by atoms with E-state index in [1.54, 1.807) is 18.7 Å². The third-order valence-corrected chi connectivity index (χ3v) is 1.78. The molecule has 0 saturated carbocycles. The molecule has 0 fully saturated rings. The Morgan fingerprint density at radius 3 is 2.93 bits per heavy atom. The van der Waals surface area contributed by atoms with Gasteiger partial charge in [0, 0.05) is 6.20 Å². The van der Waals surface area contributed by atoms with E-state index in [4.69, 9.17) is 5.73 Å². The van der Waals surface area contributed by atoms with Crippen LogP contribution in [0, 0.1) is 0 Å². The summed E-state index contributed by atoms with van der Waals surface area (Å²) >= 11 is 0. The largest absolute Gasteiger partial charge is 0.345 e. The van der Waals surface area contributed by atoms with Crippen LogP contribution in [0.3, 0.4) is 0 Å². The second kappa shape index (κ2) is 6.10. The van der Waals surface area contributed by atoms with Gasteiger partial charge in [0.1, 0.15) is 5.52 Å². The Hall–Kier alpha value is -1.42. The molecule has 0 atom stereocenters. The lowest BCUT2D eigenvalue weighted by Crippen LogP contribution is -1.95. The first-order chi connectivity index (χ1) is 6.88. The molecule has 0 radical (unpaired) electrons. The van der Waals surface area contributed by atoms with Gasteiger partial charge in [-0.1, -0.05) is 13.3 Å². The van der Waals surface area contributed by atoms with Gasteiger partial charge in [0.25, 0.3) is 0 Å². The van der Waals surface area contributed by atoms with Crippen molar-refractivity contribution < 1.29 is 0 Å². The second-order valence-corrected chi connectivity index (χ2v) is 2.94. The maximum absolute atomic E-state index is 5.14. The number of hydrogen-bond donors (Lipinski definition) is 2. The van der Waals surface area contributed by atoms with Gasteiger partial charge in [0.05, 0.1) is 18.0 Å². The fourth-order valence-electron chi connectivity index (χ4n) is 0.987. The highest BCUT2D eigenvalue weighted by Crippen LogP contribution is 2.03. The van der Waals surface area contributed by atoms with Gasteiger partial charge in [-0.05, 0) is 19.0 Å². The molecule has 3 N–H and O–H groups in total. The number of rotatable bonds is 2. The van der Waals surface area contributed by atoms with E-state index in [1.807, 2.05) is 6.07 Å². The highest BCUT2D eigenvalue weighted by molar-refractivity contribution is 5.72. The SMILES string of the molecule is CCCCN.c1cc2[nH]cnc2cn1. The van der Waals surface area contributed by atoms with Crippen molar-refractivity contribution in [2.75, 3.05) is 6.54 Å². The predicted molar refractivity (Wildman–Crippen MR) is 57.9 cm³/mol. The number of H-pyrrole nitrogens is 1. The summed E-state index contributed by atoms with van der Waals surface area (Å²) in [6, 6.07) is 1.89. The van der Waals surface area contributed by atoms with Gasteiger partial charge in [-0.3, -0.25) is 4.98 Å². The van der Waals surface area contributed by atoms with Crippen LogP contribution < -0.4 is 5.73 Å². The number of aromatic nitrogens is 3. The van der Waals surface area contributed by atoms with Crippen molar-refractivity contribution in [3.63, 3.8) is 0 Å². The van der Waals surface area contributed by atoms with Crippen LogP contribution in [0.25, 0.3) is 11.0 Å². The Morgan fingerprint density at radius 1 is 1.50 bits per heavy atom. The van der Waals surface area contributed by atoms with Crippen LogP contribution in [0.1, 0.15) is 19.8 Å². The molecule has 0 aliphatic rings. The van der Waals surface area contributed by atoms with Crippen molar-refractivity contribution in [3.05, 3.63) is 24.8 Å². The summed E-state index contributed by atoms with van der Waals surface area (Å²) in [5.41, 5.74) is 7.09. The number of hydrogen-bond acceptors (Lipinski definition) is 3. The molecule has 2 aromatic rings. The van der Waals surface area contributed by atoms with Crippen molar-refractivity contribution in [2.45, 2.75) is 19.8 Å². The van der Waals surface area contributed by atoms with Crippen LogP contribution >= 0.6 is 0 Å². The molecule has 0 aromatic carbocycles. The molecule has 2 rings (SSSR count). The maximum Gasteiger partial charge on any atom is 0.107 e. The topological polar surface area (TPSA) is 67.6 Å². The highest BCUT2D eigenvalue weighted by atomic mass is 14.9. The molecule has 0 amide bonds. The molecule has 0 bridgehead atoms. The lowest BCUT2D eigenvalue weighted by Gasteiger charge is -1.80. The van der Waals surface area contributed by atoms with Crippen LogP contribution in [0.2, 0.25) is 0 Å². The van der Waals surface area contributed by atoms with Crippen molar-refractivity contribution in [1.82, 2.24) is 15.0 Å². The lowest BCUT2D eigenvalue weighted by atomic mass is 10.3. The molecule has 4 heteroatoms. The Bertz CT molecular complexity index is 323. The minimum Gasteiger partial charge on any atom is -0.345 e. The van der Waals surface area contributed by atoms with Gasteiger partial charge in [-0.2, -0.15) is 0 Å². The molecule has 0 unspecified atom stereocenters. The van der Waals surface area contributed by atoms with E-state index >= 15 is 0 Å². The third kappa shape index (κ3) is 3.14. The van der Waals surface area contributed by atoms with E-state index in [-0.39, 0.29) is 0 Å². The van der Waals surface area contributed by atoms with Gasteiger partial charge >= 0.3 is 0 Å². The molecule has 0 aliphatic carbocycles. The summed E-state index contributed by atoms with van der Waals surface area (Å²) in [6.07, 6.45) is 7.51. The monoisotopic (exact) mass is 192 g/mol. The van der Waals surface area contributed by atoms with E-state index in [9.17, 15) is 0 Å². The summed E-state index contributed by atoms with van der Waals surface area (Å²) in [5.74, 6) is 0. The van der Waals surface area contributed by atoms with Gasteiger partial charge in [0.15, 0.2) is 0 Å². The Labute approximate surface area is 83.6 Å². The minimum absolute atomic E-state index is 0.844. The van der Waals surface area contributed by atoms with Gasteiger partial charge in [0.2, 0.25) is 0 Å². The summed E-state index contributed by atoms with van der Waals surface area (Å²) < 4.78 is 0. The first kappa shape index (κ1) is 10.7. The smallest absolute Gasteiger partial charge is 0.107 e. The molecule has 2 aromatic heterocycles. The normalized spacial score (nSPS) is 9.57. The molecule has 0 spiro atoms. The summed E-state index contributed by atoms with van der Waals surface area (Å²) in [6.45, 7) is 2.98. The van der Waals surface area contributed by atoms with E-state index < -0.39 is 0 Å². The van der Waals surface area contributed by atoms with E-state index in [0.717, 1.165) is 17.6 Å². The van der Waals surface area contributed by atoms with E-state index in [0.29, 0.717) is 0 Å². The molecule has 2 heterocycles. The van der Waals surface area contributed by atoms with E-state index in [2.05, 4.69) is 21.9 Å². The number of nitrogens with zero attached hydrogens (tertiary/aromatic N) is 2. The second-order valence-electron chi connectivity index (χ2n) is 2.94. The summed E-state index contributed by atoms with van der Waals surface area (Å²) in [7, 11) is 0. The lowest BCUT2D eigenvalue weighted by molar-refractivity contribution is 0.807. The Morgan fingerprint density at radius 2 is 2.36 bits per heavy atom. The minimum atomic E-state index is 0.844. The molecular weight excluding hydrogens is 176 g/mol. The van der Waals surface area contributed by atoms with Gasteiger partial charge < -0.3 is 10.7 Å². The molecule has 76 valence electrons. The van der Waals surface area contributed by atoms with Crippen LogP contribution in [-0.2, 0) is 0 Å². The van der Waals surface area contributed by atoms with E-state index in [1.165, 1.54) is 12.8 Å². The average Bonchev–Trinajstić information content (AvgIpc) is 2.67. The van der Waals surface area contributed by atoms with Crippen LogP contribution in [0.15, 0.2) is 24.8 Å². The van der Waals surface area contributed by atoms with Crippen LogP contribution in [-0.4, -0.2) is 21.5 Å². The fraction of sp³-hybridized carbons (Fsp3) is 0.400. The molecule has 4 nitrogen and oxygen atoms in total. The summed E-state index contributed by atoms with van der Waals surface area (Å²) in [5, 5.41) is 0. The van der Waals surface area contributed by atoms with Crippen molar-refractivity contribution in [3.8, 4) is 0 Å². The fourth-order valence-corrected chi connectivity index (χ4v) is 0.987. The Balaban J connectivity index is 0.000000171. The standard InChI is InChI=1S/C6H5N3.C4H11N/c1-2-7-3-6-5(1)8-4-9-6;1-2-3-4-5/h1-4H,(H,8,9);2-5H2,1H3. The zero-order chi connectivity index (χ0) is 10.2. The predicted octanol–water partition coefficient (Wildman–Crippen LogP) is 1.70. The number of imidazole rings is 1. The zero-order valence-electron chi connectivity index (χ0n) is 8.40. The molecular formula is C10H16N4. The van der Waals surface area contributed by atoms with Crippen molar-refractivity contribution in [2.24, 2.45) is 5.73 Å². The van der Waals surface area contributed by atoms with Gasteiger partial charge in [-0.15, -0.1) is 0 Å². The van der Waals surface area contributed by atoms with Crippen LogP contribution in [0.4, 0.5) is 0 Å². The first-order valence-corrected chi connectivity index (χ1v) is 4.81. The molecule has 14 heavy (non-hydrogen) atoms. The highest BCUT2D eigenvalue weighted by Gasteiger charge is 1.89. The number of aromatic amines is 1. The number of nitrogens with two attached hydrogens (primary N) is 1. The number of fused-ring (bicyclic) bond motifs is 1. The summed E-state index contributed by atoms with van der Waals surface area (Å²) in [4.78, 5) is 10.9. The first-order valence-electron chi connectivity index (χ1n) is 4.81. The van der Waals surface area contributed by atoms with Crippen LogP contribution in [0.5, 0.6) is 0 Å². The number of pyridine rings is 1. The maximum atomic E-state index is 5.14. The van der Waals surface area contributed by atoms with Crippen molar-refractivity contribution >= 4 is 11.0 Å². The third-order valence-electron chi connectivity index (χ3n) is 1.78. The quantitative estimate of drug-likeness (QED) is 0.761.